The van der Waals surface area contributed by atoms with Crippen LogP contribution in [0.4, 0.5) is 33.7 Å². The molecule has 0 saturated heterocycles. The van der Waals surface area contributed by atoms with Crippen LogP contribution in [0.2, 0.25) is 0 Å². The van der Waals surface area contributed by atoms with E-state index >= 15 is 0 Å². The number of halogens is 4. The van der Waals surface area contributed by atoms with E-state index in [0.29, 0.717) is 13.8 Å². The number of carbonyl (C=O) groups is 2. The van der Waals surface area contributed by atoms with Crippen molar-refractivity contribution in [1.29, 1.82) is 0 Å². The van der Waals surface area contributed by atoms with Crippen molar-refractivity contribution >= 4 is 33.5 Å². The van der Waals surface area contributed by atoms with E-state index in [4.69, 9.17) is 4.74 Å². The SMILES string of the molecule is COc1cc(S(=O)(=O)N(CCC(CC(=O)O)C2CC2)c2cc(NC(=O)OC(C)(C)C(F)(F)F)ccc2O)ccc1F. The predicted octanol–water partition coefficient (Wildman–Crippen LogP) is 5.52. The van der Waals surface area contributed by atoms with E-state index in [1.54, 1.807) is 0 Å². The second-order valence-corrected chi connectivity index (χ2v) is 11.9. The first kappa shape index (κ1) is 31.8. The van der Waals surface area contributed by atoms with Crippen molar-refractivity contribution in [2.24, 2.45) is 11.8 Å². The lowest BCUT2D eigenvalue weighted by Crippen LogP contribution is -2.44. The van der Waals surface area contributed by atoms with E-state index in [2.05, 4.69) is 10.1 Å². The summed E-state index contributed by atoms with van der Waals surface area (Å²) in [7, 11) is -3.42. The molecule has 3 N–H and O–H groups in total. The summed E-state index contributed by atoms with van der Waals surface area (Å²) in [5, 5.41) is 22.0. The molecule has 226 valence electrons. The van der Waals surface area contributed by atoms with Crippen LogP contribution in [0.1, 0.15) is 39.5 Å². The van der Waals surface area contributed by atoms with Crippen LogP contribution in [0.5, 0.6) is 11.5 Å². The second-order valence-electron chi connectivity index (χ2n) is 10.1. The summed E-state index contributed by atoms with van der Waals surface area (Å²) >= 11 is 0. The zero-order valence-electron chi connectivity index (χ0n) is 22.4. The summed E-state index contributed by atoms with van der Waals surface area (Å²) in [6.45, 7) is 0.972. The first-order valence-electron chi connectivity index (χ1n) is 12.4. The van der Waals surface area contributed by atoms with Gasteiger partial charge in [0.05, 0.1) is 17.7 Å². The molecule has 15 heteroatoms. The van der Waals surface area contributed by atoms with Gasteiger partial charge in [0.2, 0.25) is 5.60 Å². The lowest BCUT2D eigenvalue weighted by molar-refractivity contribution is -0.242. The molecule has 0 aliphatic heterocycles. The molecule has 2 aromatic rings. The number of carboxylic acids is 1. The van der Waals surface area contributed by atoms with Crippen LogP contribution in [-0.4, -0.2) is 56.1 Å². The van der Waals surface area contributed by atoms with Crippen LogP contribution in [-0.2, 0) is 19.6 Å². The molecule has 1 saturated carbocycles. The summed E-state index contributed by atoms with van der Waals surface area (Å²) in [5.74, 6) is -3.14. The highest BCUT2D eigenvalue weighted by molar-refractivity contribution is 7.92. The average Bonchev–Trinajstić information content (AvgIpc) is 3.69. The summed E-state index contributed by atoms with van der Waals surface area (Å²) in [4.78, 5) is 23.2. The minimum atomic E-state index is -4.88. The molecule has 0 radical (unpaired) electrons. The Kier molecular flexibility index (Phi) is 9.30. The smallest absolute Gasteiger partial charge is 0.427 e. The summed E-state index contributed by atoms with van der Waals surface area (Å²) in [5.41, 5.74) is -3.41. The number of phenolic OH excluding ortho intramolecular Hbond substituents is 1. The highest BCUT2D eigenvalue weighted by Gasteiger charge is 2.51. The second kappa shape index (κ2) is 12.0. The summed E-state index contributed by atoms with van der Waals surface area (Å²) in [6.07, 6.45) is -4.94. The topological polar surface area (TPSA) is 142 Å². The Balaban J connectivity index is 2.00. The van der Waals surface area contributed by atoms with Crippen molar-refractivity contribution in [2.75, 3.05) is 23.3 Å². The third-order valence-electron chi connectivity index (χ3n) is 6.66. The van der Waals surface area contributed by atoms with Crippen molar-refractivity contribution < 1.29 is 55.3 Å². The van der Waals surface area contributed by atoms with E-state index in [1.165, 1.54) is 0 Å². The number of ether oxygens (including phenoxy) is 2. The first-order chi connectivity index (χ1) is 19.0. The molecule has 0 aromatic heterocycles. The van der Waals surface area contributed by atoms with Gasteiger partial charge in [0.25, 0.3) is 10.0 Å². The van der Waals surface area contributed by atoms with Gasteiger partial charge in [-0.05, 0) is 75.3 Å². The number of benzene rings is 2. The predicted molar refractivity (Wildman–Crippen MR) is 139 cm³/mol. The van der Waals surface area contributed by atoms with Gasteiger partial charge in [-0.1, -0.05) is 0 Å². The summed E-state index contributed by atoms with van der Waals surface area (Å²) in [6, 6.07) is 5.93. The lowest BCUT2D eigenvalue weighted by Gasteiger charge is -2.28. The number of carbonyl (C=O) groups excluding carboxylic acids is 1. The van der Waals surface area contributed by atoms with Crippen molar-refractivity contribution in [1.82, 2.24) is 0 Å². The number of carboxylic acid groups (broad SMARTS) is 1. The van der Waals surface area contributed by atoms with Crippen LogP contribution in [0, 0.1) is 17.7 Å². The maximum Gasteiger partial charge on any atom is 0.427 e. The molecule has 3 rings (SSSR count). The van der Waals surface area contributed by atoms with Crippen molar-refractivity contribution in [2.45, 2.75) is 56.2 Å². The fourth-order valence-electron chi connectivity index (χ4n) is 4.11. The molecule has 1 fully saturated rings. The van der Waals surface area contributed by atoms with E-state index < -0.39 is 50.3 Å². The summed E-state index contributed by atoms with van der Waals surface area (Å²) < 4.78 is 91.2. The number of sulfonamides is 1. The Bertz CT molecular complexity index is 1390. The van der Waals surface area contributed by atoms with E-state index in [9.17, 15) is 45.8 Å². The van der Waals surface area contributed by atoms with Crippen LogP contribution >= 0.6 is 0 Å². The number of methoxy groups -OCH3 is 1. The number of rotatable bonds is 12. The average molecular weight is 607 g/mol. The largest absolute Gasteiger partial charge is 0.506 e. The Hall–Kier alpha value is -3.75. The van der Waals surface area contributed by atoms with Gasteiger partial charge in [0.15, 0.2) is 11.6 Å². The number of aromatic hydroxyl groups is 1. The molecule has 1 aliphatic rings. The van der Waals surface area contributed by atoms with Gasteiger partial charge in [-0.15, -0.1) is 0 Å². The number of anilines is 2. The van der Waals surface area contributed by atoms with Gasteiger partial charge in [-0.3, -0.25) is 14.4 Å². The molecular weight excluding hydrogens is 576 g/mol. The van der Waals surface area contributed by atoms with Gasteiger partial charge in [-0.2, -0.15) is 13.2 Å². The fraction of sp³-hybridized carbons (Fsp3) is 0.462. The molecular formula is C26H30F4N2O8S. The molecule has 10 nitrogen and oxygen atoms in total. The lowest BCUT2D eigenvalue weighted by atomic mass is 9.96. The van der Waals surface area contributed by atoms with Gasteiger partial charge in [0, 0.05) is 24.7 Å². The number of nitrogens with zero attached hydrogens (tertiary/aromatic N) is 1. The number of alkyl halides is 3. The van der Waals surface area contributed by atoms with Crippen LogP contribution < -0.4 is 14.4 Å². The molecule has 1 atom stereocenters. The zero-order valence-corrected chi connectivity index (χ0v) is 23.2. The standard InChI is InChI=1S/C26H30F4N2O8S/c1-25(2,26(28,29)30)40-24(36)31-17-6-9-21(33)20(13-17)32(11-10-16(12-23(34)35)15-4-5-15)41(37,38)18-7-8-19(27)22(14-18)39-3/h6-9,13-16,33H,4-5,10-12H2,1-3H3,(H,31,36)(H,34,35). The number of hydrogen-bond donors (Lipinski definition) is 3. The molecule has 1 aliphatic carbocycles. The third-order valence-corrected chi connectivity index (χ3v) is 8.47. The minimum absolute atomic E-state index is 0.0768. The Morgan fingerprint density at radius 2 is 1.80 bits per heavy atom. The Morgan fingerprint density at radius 3 is 2.37 bits per heavy atom. The number of nitrogens with one attached hydrogen (secondary N) is 1. The first-order valence-corrected chi connectivity index (χ1v) is 13.9. The molecule has 0 bridgehead atoms. The highest BCUT2D eigenvalue weighted by Crippen LogP contribution is 2.42. The quantitative estimate of drug-likeness (QED) is 0.212. The van der Waals surface area contributed by atoms with Gasteiger partial charge >= 0.3 is 18.2 Å². The van der Waals surface area contributed by atoms with E-state index in [0.717, 1.165) is 60.7 Å². The van der Waals surface area contributed by atoms with Gasteiger partial charge in [-0.25, -0.2) is 17.6 Å². The van der Waals surface area contributed by atoms with Crippen molar-refractivity contribution in [3.63, 3.8) is 0 Å². The monoisotopic (exact) mass is 606 g/mol. The van der Waals surface area contributed by atoms with E-state index in [-0.39, 0.29) is 48.3 Å². The third kappa shape index (κ3) is 7.71. The molecule has 1 unspecified atom stereocenters. The maximum atomic E-state index is 14.0. The van der Waals surface area contributed by atoms with E-state index in [1.807, 2.05) is 0 Å². The number of phenols is 1. The molecule has 2 aromatic carbocycles. The Morgan fingerprint density at radius 1 is 1.15 bits per heavy atom. The number of amides is 1. The molecule has 1 amide bonds. The minimum Gasteiger partial charge on any atom is -0.506 e. The van der Waals surface area contributed by atoms with Crippen LogP contribution in [0.3, 0.4) is 0 Å². The molecule has 41 heavy (non-hydrogen) atoms. The number of hydrogen-bond acceptors (Lipinski definition) is 7. The van der Waals surface area contributed by atoms with Crippen LogP contribution in [0.15, 0.2) is 41.3 Å². The highest BCUT2D eigenvalue weighted by atomic mass is 32.2. The maximum absolute atomic E-state index is 14.0. The number of aliphatic carboxylic acids is 1. The zero-order chi connectivity index (χ0) is 30.8. The van der Waals surface area contributed by atoms with Gasteiger partial charge < -0.3 is 19.7 Å². The van der Waals surface area contributed by atoms with Gasteiger partial charge in [0.1, 0.15) is 5.75 Å². The van der Waals surface area contributed by atoms with Crippen LogP contribution in [0.25, 0.3) is 0 Å². The normalized spacial score (nSPS) is 14.7. The fourth-order valence-corrected chi connectivity index (χ4v) is 5.61. The molecule has 0 heterocycles. The Labute approximate surface area is 233 Å². The van der Waals surface area contributed by atoms with Crippen molar-refractivity contribution in [3.05, 3.63) is 42.2 Å². The molecule has 0 spiro atoms. The van der Waals surface area contributed by atoms with Crippen molar-refractivity contribution in [3.8, 4) is 11.5 Å².